The third-order valence-corrected chi connectivity index (χ3v) is 16.5. The van der Waals surface area contributed by atoms with Gasteiger partial charge in [0.05, 0.1) is 90.5 Å². The lowest BCUT2D eigenvalue weighted by atomic mass is 10.0. The van der Waals surface area contributed by atoms with Gasteiger partial charge in [-0.15, -0.1) is 28.3 Å². The van der Waals surface area contributed by atoms with Gasteiger partial charge in [0, 0.05) is 36.3 Å². The van der Waals surface area contributed by atoms with Crippen LogP contribution in [0.1, 0.15) is 103 Å². The molecule has 1 fully saturated rings. The molecule has 6 aromatic rings. The lowest BCUT2D eigenvalue weighted by molar-refractivity contribution is -0.193. The number of aromatic nitrogens is 4. The quantitative estimate of drug-likeness (QED) is 0.0151. The van der Waals surface area contributed by atoms with E-state index >= 15 is 0 Å². The van der Waals surface area contributed by atoms with Crippen LogP contribution in [0.2, 0.25) is 5.02 Å². The van der Waals surface area contributed by atoms with Crippen LogP contribution < -0.4 is 30.4 Å². The van der Waals surface area contributed by atoms with Crippen molar-refractivity contribution in [2.24, 2.45) is 0 Å². The van der Waals surface area contributed by atoms with Gasteiger partial charge in [0.15, 0.2) is 32.0 Å². The van der Waals surface area contributed by atoms with Crippen LogP contribution in [0.4, 0.5) is 37.7 Å². The van der Waals surface area contributed by atoms with Gasteiger partial charge in [-0.2, -0.15) is 26.6 Å². The van der Waals surface area contributed by atoms with E-state index in [1.807, 2.05) is 62.5 Å². The van der Waals surface area contributed by atoms with Crippen molar-refractivity contribution in [2.45, 2.75) is 113 Å². The summed E-state index contributed by atoms with van der Waals surface area (Å²) in [6.07, 6.45) is 5.49. The second-order valence-corrected chi connectivity index (χ2v) is 30.3. The molecule has 8 rings (SSSR count). The molecule has 99 heavy (non-hydrogen) atoms. The van der Waals surface area contributed by atoms with Gasteiger partial charge in [-0.25, -0.2) is 22.2 Å². The van der Waals surface area contributed by atoms with E-state index < -0.39 is 92.9 Å². The molecule has 3 heterocycles. The molecule has 2 aromatic heterocycles. The molecule has 0 saturated heterocycles. The molecular weight excluding hydrogens is 1490 g/mol. The van der Waals surface area contributed by atoms with E-state index in [1.165, 1.54) is 13.1 Å². The Hall–Kier alpha value is -6.22. The summed E-state index contributed by atoms with van der Waals surface area (Å²) in [4.78, 5) is 89.8. The SMILES string of the molecule is CC1COc2ccccc2N1C(=O)C(Cl)Cl.CCOC(=O)C(Cl)Cc1cc(-n2nc(C)n(C(F)F)c2=O)c(F)cc1Cl.CCc1cccc(C)c1N(C(=O)CCl)C(C)COC.CS(=O)(=O)c1cc(C(F)(F)F)ccc1C(=O)c1cnoc1C1CC1.C[S+](C)C.O=C(O)CNCP(=O)([O-])O. The minimum atomic E-state index is -4.71. The second kappa shape index (κ2) is 39.8. The van der Waals surface area contributed by atoms with Gasteiger partial charge < -0.3 is 48.0 Å². The van der Waals surface area contributed by atoms with Crippen molar-refractivity contribution in [1.29, 1.82) is 0 Å². The Bertz CT molecular complexity index is 3950. The molecule has 4 unspecified atom stereocenters. The van der Waals surface area contributed by atoms with Crippen molar-refractivity contribution in [3.8, 4) is 11.4 Å². The number of benzene rings is 4. The zero-order valence-electron chi connectivity index (χ0n) is 55.3. The summed E-state index contributed by atoms with van der Waals surface area (Å²) >= 11 is 28.9. The first-order valence-electron chi connectivity index (χ1n) is 29.5. The zero-order chi connectivity index (χ0) is 75.2. The third kappa shape index (κ3) is 26.6. The van der Waals surface area contributed by atoms with Crippen molar-refractivity contribution in [3.63, 3.8) is 0 Å². The highest BCUT2D eigenvalue weighted by molar-refractivity contribution is 7.94. The number of methoxy groups -OCH3 is 1. The van der Waals surface area contributed by atoms with Crippen LogP contribution in [0.15, 0.2) is 93.2 Å². The highest BCUT2D eigenvalue weighted by Gasteiger charge is 2.37. The summed E-state index contributed by atoms with van der Waals surface area (Å²) in [5.74, 6) is -3.16. The number of carbonyl (C=O) groups excluding carboxylic acids is 4. The van der Waals surface area contributed by atoms with Crippen LogP contribution in [0, 0.1) is 19.7 Å². The van der Waals surface area contributed by atoms with Crippen molar-refractivity contribution < 1.29 is 96.9 Å². The topological polar surface area (TPSA) is 312 Å². The number of sulfone groups is 1. The van der Waals surface area contributed by atoms with Gasteiger partial charge in [-0.1, -0.05) is 77.2 Å². The molecular formula is C62H75Cl5F6N7O16PS2. The first-order chi connectivity index (χ1) is 46.1. The van der Waals surface area contributed by atoms with Crippen molar-refractivity contribution in [3.05, 3.63) is 145 Å². The summed E-state index contributed by atoms with van der Waals surface area (Å²) in [5, 5.41) is 16.0. The van der Waals surface area contributed by atoms with E-state index in [0.29, 0.717) is 52.4 Å². The Balaban J connectivity index is 0.000000326. The van der Waals surface area contributed by atoms with Crippen molar-refractivity contribution in [1.82, 2.24) is 24.8 Å². The molecule has 37 heteroatoms. The minimum absolute atomic E-state index is 0.0223. The predicted octanol–water partition coefficient (Wildman–Crippen LogP) is 10.9. The summed E-state index contributed by atoms with van der Waals surface area (Å²) in [6.45, 7) is 8.23. The van der Waals surface area contributed by atoms with Crippen LogP contribution in [-0.4, -0.2) is 160 Å². The number of nitrogens with zero attached hydrogens (tertiary/aromatic N) is 6. The Morgan fingerprint density at radius 2 is 1.59 bits per heavy atom. The molecule has 3 N–H and O–H groups in total. The number of ketones is 1. The number of amides is 2. The summed E-state index contributed by atoms with van der Waals surface area (Å²) in [5.41, 5.74) is 1.19. The number of rotatable bonds is 21. The van der Waals surface area contributed by atoms with Crippen molar-refractivity contribution in [2.75, 3.05) is 80.5 Å². The maximum atomic E-state index is 14.2. The van der Waals surface area contributed by atoms with E-state index in [1.54, 1.807) is 23.8 Å². The van der Waals surface area contributed by atoms with E-state index in [-0.39, 0.29) is 86.5 Å². The van der Waals surface area contributed by atoms with Gasteiger partial charge in [0.2, 0.25) is 5.91 Å². The number of para-hydroxylation sites is 3. The standard InChI is InChI=1S/C15H14Cl2F3N3O3.C15H22ClNO2.C15H12F3NO4S.C11H11Cl2NO2.C3H8NO5P.C3H9S/c1-3-26-13(24)10(17)4-8-5-12(11(18)6-9(8)16)23-15(25)22(14(19)20)7(2)21-23;1-5-13-8-6-7-11(2)15(13)17(14(18)9-16)12(3)10-19-4;1-24(21,22)12-6-9(15(16,17)18)4-5-10(12)13(20)11-7-19-23-14(11)8-2-3-8;1-7-6-16-9-5-3-2-4-8(9)14(7)11(15)10(12)13;5-3(6)1-4-2-10(7,8)9;1-4(2)3/h5-6,10,14H,3-4H2,1-2H3;6-8,12H,5,9-10H2,1-4H3;4-8H,2-3H2,1H3;2-5,7,10H,6H2,1H3;4H,1-2H2,(H,5,6)(H2,7,8,9);1-3H3/q;;;;;+1/p-1. The number of aliphatic carboxylic acids is 1. The van der Waals surface area contributed by atoms with E-state index in [4.69, 9.17) is 86.7 Å². The third-order valence-electron chi connectivity index (χ3n) is 13.4. The van der Waals surface area contributed by atoms with Gasteiger partial charge in [0.1, 0.15) is 42.7 Å². The van der Waals surface area contributed by atoms with Gasteiger partial charge in [-0.05, 0) is 124 Å². The fraction of sp³-hybridized carbons (Fsp3) is 0.452. The molecule has 2 amide bonds. The molecule has 1 aliphatic heterocycles. The fourth-order valence-electron chi connectivity index (χ4n) is 9.03. The summed E-state index contributed by atoms with van der Waals surface area (Å²) in [6, 6.07) is 17.4. The number of carboxylic acid groups (broad SMARTS) is 1. The Kier molecular flexibility index (Phi) is 35.0. The van der Waals surface area contributed by atoms with E-state index in [9.17, 15) is 73.0 Å². The Labute approximate surface area is 595 Å². The smallest absolute Gasteiger partial charge is 0.416 e. The monoisotopic (exact) mass is 1560 g/mol. The highest BCUT2D eigenvalue weighted by Crippen LogP contribution is 2.43. The maximum Gasteiger partial charge on any atom is 0.416 e. The van der Waals surface area contributed by atoms with Crippen LogP contribution in [0.5, 0.6) is 5.75 Å². The lowest BCUT2D eigenvalue weighted by Gasteiger charge is -2.35. The number of nitrogens with one attached hydrogen (secondary N) is 1. The molecule has 0 bridgehead atoms. The maximum absolute atomic E-state index is 14.2. The number of aryl methyl sites for hydroxylation is 3. The predicted molar refractivity (Wildman–Crippen MR) is 365 cm³/mol. The van der Waals surface area contributed by atoms with Crippen LogP contribution >= 0.6 is 65.6 Å². The largest absolute Gasteiger partial charge is 0.778 e. The van der Waals surface area contributed by atoms with E-state index in [2.05, 4.69) is 42.0 Å². The second-order valence-electron chi connectivity index (χ2n) is 22.0. The van der Waals surface area contributed by atoms with Crippen LogP contribution in [-0.2, 0) is 73.0 Å². The lowest BCUT2D eigenvalue weighted by Crippen LogP contribution is -2.47. The number of carbonyl (C=O) groups is 5. The highest BCUT2D eigenvalue weighted by atomic mass is 35.5. The Morgan fingerprint density at radius 1 is 0.960 bits per heavy atom. The summed E-state index contributed by atoms with van der Waals surface area (Å²) in [7, 11) is -6.11. The number of halogens is 11. The molecule has 548 valence electrons. The first kappa shape index (κ1) is 87.0. The molecule has 2 aliphatic rings. The molecule has 23 nitrogen and oxygen atoms in total. The number of hydrogen-bond donors (Lipinski definition) is 3. The van der Waals surface area contributed by atoms with Crippen LogP contribution in [0.25, 0.3) is 5.69 Å². The molecule has 0 radical (unpaired) electrons. The molecule has 4 atom stereocenters. The summed E-state index contributed by atoms with van der Waals surface area (Å²) < 4.78 is 133. The normalized spacial score (nSPS) is 14.5. The van der Waals surface area contributed by atoms with Gasteiger partial charge in [0.25, 0.3) is 5.91 Å². The molecule has 1 saturated carbocycles. The van der Waals surface area contributed by atoms with Gasteiger partial charge in [-0.3, -0.25) is 29.3 Å². The zero-order valence-corrected chi connectivity index (χ0v) is 61.6. The molecule has 0 spiro atoms. The number of hydrogen-bond acceptors (Lipinski definition) is 17. The van der Waals surface area contributed by atoms with Crippen molar-refractivity contribution >= 4 is 127 Å². The van der Waals surface area contributed by atoms with Gasteiger partial charge >= 0.3 is 30.4 Å². The number of carboxylic acids is 1. The average Bonchev–Trinajstić information content (AvgIpc) is 1.76. The average molecular weight is 1560 g/mol. The number of anilines is 2. The van der Waals surface area contributed by atoms with Crippen LogP contribution in [0.3, 0.4) is 0 Å². The number of fused-ring (bicyclic) bond motifs is 1. The number of ether oxygens (including phenoxy) is 3. The number of alkyl halides is 9. The fourth-order valence-corrected chi connectivity index (χ4v) is 11.1. The molecule has 1 aliphatic carbocycles. The van der Waals surface area contributed by atoms with E-state index in [0.717, 1.165) is 66.2 Å². The first-order valence-corrected chi connectivity index (χ1v) is 37.8. The Morgan fingerprint density at radius 3 is 2.10 bits per heavy atom. The number of esters is 1. The molecule has 4 aromatic carbocycles. The minimum Gasteiger partial charge on any atom is -0.778 e.